The van der Waals surface area contributed by atoms with Crippen molar-refractivity contribution in [2.45, 2.75) is 13.3 Å². The number of piperazine rings is 1. The minimum atomic E-state index is -0.474. The number of fused-ring (bicyclic) bond motifs is 1. The van der Waals surface area contributed by atoms with Gasteiger partial charge in [0.15, 0.2) is 6.61 Å². The highest BCUT2D eigenvalue weighted by Crippen LogP contribution is 2.23. The van der Waals surface area contributed by atoms with E-state index in [1.807, 2.05) is 36.6 Å². The summed E-state index contributed by atoms with van der Waals surface area (Å²) in [6.07, 6.45) is 1.60. The number of hydrogen-bond donors (Lipinski definition) is 0. The first-order valence-corrected chi connectivity index (χ1v) is 10.6. The molecule has 1 saturated heterocycles. The van der Waals surface area contributed by atoms with Crippen molar-refractivity contribution in [1.82, 2.24) is 9.80 Å². The van der Waals surface area contributed by atoms with Gasteiger partial charge in [0.25, 0.3) is 11.8 Å². The summed E-state index contributed by atoms with van der Waals surface area (Å²) in [6.45, 7) is 3.47. The van der Waals surface area contributed by atoms with Gasteiger partial charge in [-0.2, -0.15) is 0 Å². The Hall–Kier alpha value is -3.13. The molecule has 2 amide bonds. The lowest BCUT2D eigenvalue weighted by molar-refractivity contribution is -0.152. The van der Waals surface area contributed by atoms with E-state index in [2.05, 4.69) is 0 Å². The van der Waals surface area contributed by atoms with Crippen LogP contribution in [0.4, 0.5) is 0 Å². The molecule has 0 saturated carbocycles. The number of thiophene rings is 1. The molecule has 1 aliphatic rings. The average Bonchev–Trinajstić information content (AvgIpc) is 3.42. The van der Waals surface area contributed by atoms with Crippen LogP contribution < -0.4 is 0 Å². The second-order valence-corrected chi connectivity index (χ2v) is 8.20. The van der Waals surface area contributed by atoms with Crippen molar-refractivity contribution in [2.75, 3.05) is 32.8 Å². The molecular weight excluding hydrogens is 404 g/mol. The third-order valence-corrected chi connectivity index (χ3v) is 6.01. The SMILES string of the molecule is Cc1ccc2c(CC(=O)OCC(=O)N3CCN(C(=O)c4cccs4)CC3)coc2c1. The lowest BCUT2D eigenvalue weighted by Gasteiger charge is -2.34. The van der Waals surface area contributed by atoms with Gasteiger partial charge in [-0.25, -0.2) is 0 Å². The quantitative estimate of drug-likeness (QED) is 0.586. The van der Waals surface area contributed by atoms with E-state index in [1.54, 1.807) is 22.1 Å². The molecule has 0 aliphatic carbocycles. The van der Waals surface area contributed by atoms with Crippen LogP contribution in [0, 0.1) is 6.92 Å². The highest BCUT2D eigenvalue weighted by atomic mass is 32.1. The molecule has 3 heterocycles. The van der Waals surface area contributed by atoms with Crippen LogP contribution in [0.2, 0.25) is 0 Å². The van der Waals surface area contributed by atoms with Crippen molar-refractivity contribution in [3.05, 3.63) is 58.0 Å². The molecule has 0 N–H and O–H groups in total. The molecule has 0 radical (unpaired) electrons. The van der Waals surface area contributed by atoms with Crippen molar-refractivity contribution in [3.63, 3.8) is 0 Å². The summed E-state index contributed by atoms with van der Waals surface area (Å²) in [5.41, 5.74) is 2.54. The Bertz CT molecular complexity index is 1060. The number of hydrogen-bond acceptors (Lipinski definition) is 6. The number of carbonyl (C=O) groups excluding carboxylic acids is 3. The lowest BCUT2D eigenvalue weighted by Crippen LogP contribution is -2.51. The van der Waals surface area contributed by atoms with Gasteiger partial charge in [-0.15, -0.1) is 11.3 Å². The molecule has 7 nitrogen and oxygen atoms in total. The molecule has 0 spiro atoms. The van der Waals surface area contributed by atoms with Crippen LogP contribution in [0.5, 0.6) is 0 Å². The van der Waals surface area contributed by atoms with Gasteiger partial charge in [-0.3, -0.25) is 14.4 Å². The standard InChI is InChI=1S/C22H22N2O5S/c1-15-4-5-17-16(13-28-18(17)11-15)12-21(26)29-14-20(25)23-6-8-24(9-7-23)22(27)19-3-2-10-30-19/h2-5,10-11,13H,6-9,12,14H2,1H3. The number of furan rings is 1. The fourth-order valence-corrected chi connectivity index (χ4v) is 4.17. The predicted molar refractivity (Wildman–Crippen MR) is 112 cm³/mol. The summed E-state index contributed by atoms with van der Waals surface area (Å²) in [7, 11) is 0. The Labute approximate surface area is 177 Å². The molecule has 0 bridgehead atoms. The maximum atomic E-state index is 12.4. The minimum absolute atomic E-state index is 0.00828. The van der Waals surface area contributed by atoms with Crippen molar-refractivity contribution >= 4 is 40.1 Å². The third kappa shape index (κ3) is 4.38. The summed E-state index contributed by atoms with van der Waals surface area (Å²) in [5.74, 6) is -0.733. The Kier molecular flexibility index (Phi) is 5.85. The molecule has 4 rings (SSSR count). The Morgan fingerprint density at radius 3 is 2.60 bits per heavy atom. The normalized spacial score (nSPS) is 14.2. The smallest absolute Gasteiger partial charge is 0.310 e. The molecule has 30 heavy (non-hydrogen) atoms. The van der Waals surface area contributed by atoms with Crippen LogP contribution in [0.1, 0.15) is 20.8 Å². The third-order valence-electron chi connectivity index (χ3n) is 5.15. The van der Waals surface area contributed by atoms with Crippen LogP contribution in [0.3, 0.4) is 0 Å². The highest BCUT2D eigenvalue weighted by Gasteiger charge is 2.26. The monoisotopic (exact) mass is 426 g/mol. The molecule has 0 unspecified atom stereocenters. The zero-order chi connectivity index (χ0) is 21.1. The first kappa shape index (κ1) is 20.2. The van der Waals surface area contributed by atoms with E-state index in [0.29, 0.717) is 31.1 Å². The van der Waals surface area contributed by atoms with Crippen molar-refractivity contribution < 1.29 is 23.5 Å². The second-order valence-electron chi connectivity index (χ2n) is 7.25. The Morgan fingerprint density at radius 2 is 1.87 bits per heavy atom. The maximum absolute atomic E-state index is 12.4. The number of ether oxygens (including phenoxy) is 1. The summed E-state index contributed by atoms with van der Waals surface area (Å²) in [6, 6.07) is 9.43. The van der Waals surface area contributed by atoms with Crippen molar-refractivity contribution in [2.24, 2.45) is 0 Å². The van der Waals surface area contributed by atoms with Crippen LogP contribution >= 0.6 is 11.3 Å². The number of rotatable bonds is 5. The number of benzene rings is 1. The lowest BCUT2D eigenvalue weighted by atomic mass is 10.1. The fraction of sp³-hybridized carbons (Fsp3) is 0.318. The molecule has 2 aromatic heterocycles. The molecule has 0 atom stereocenters. The molecule has 8 heteroatoms. The molecule has 3 aromatic rings. The van der Waals surface area contributed by atoms with Gasteiger partial charge in [0, 0.05) is 37.1 Å². The van der Waals surface area contributed by atoms with E-state index in [4.69, 9.17) is 9.15 Å². The van der Waals surface area contributed by atoms with Crippen LogP contribution in [-0.2, 0) is 20.7 Å². The van der Waals surface area contributed by atoms with Gasteiger partial charge in [0.2, 0.25) is 0 Å². The van der Waals surface area contributed by atoms with Gasteiger partial charge in [0.1, 0.15) is 5.58 Å². The van der Waals surface area contributed by atoms with E-state index < -0.39 is 5.97 Å². The Balaban J connectivity index is 1.24. The number of carbonyl (C=O) groups is 3. The first-order chi connectivity index (χ1) is 14.5. The van der Waals surface area contributed by atoms with Crippen LogP contribution in [0.25, 0.3) is 11.0 Å². The maximum Gasteiger partial charge on any atom is 0.310 e. The molecule has 1 aromatic carbocycles. The summed E-state index contributed by atoms with van der Waals surface area (Å²) in [5, 5.41) is 2.74. The number of aryl methyl sites for hydroxylation is 1. The molecular formula is C22H22N2O5S. The van der Waals surface area contributed by atoms with Gasteiger partial charge in [-0.05, 0) is 30.0 Å². The molecule has 156 valence electrons. The van der Waals surface area contributed by atoms with E-state index in [0.717, 1.165) is 22.1 Å². The summed E-state index contributed by atoms with van der Waals surface area (Å²) >= 11 is 1.41. The van der Waals surface area contributed by atoms with Crippen molar-refractivity contribution in [1.29, 1.82) is 0 Å². The second kappa shape index (κ2) is 8.71. The van der Waals surface area contributed by atoms with E-state index in [1.165, 1.54) is 11.3 Å². The Morgan fingerprint density at radius 1 is 1.10 bits per heavy atom. The zero-order valence-corrected chi connectivity index (χ0v) is 17.4. The van der Waals surface area contributed by atoms with Crippen molar-refractivity contribution in [3.8, 4) is 0 Å². The molecule has 1 fully saturated rings. The largest absolute Gasteiger partial charge is 0.464 e. The average molecular weight is 426 g/mol. The van der Waals surface area contributed by atoms with Gasteiger partial charge in [0.05, 0.1) is 17.6 Å². The fourth-order valence-electron chi connectivity index (χ4n) is 3.48. The van der Waals surface area contributed by atoms with E-state index in [9.17, 15) is 14.4 Å². The highest BCUT2D eigenvalue weighted by molar-refractivity contribution is 7.12. The molecule has 1 aliphatic heterocycles. The topological polar surface area (TPSA) is 80.1 Å². The number of nitrogens with zero attached hydrogens (tertiary/aromatic N) is 2. The number of esters is 1. The summed E-state index contributed by atoms with van der Waals surface area (Å²) < 4.78 is 10.7. The predicted octanol–water partition coefficient (Wildman–Crippen LogP) is 2.87. The number of amides is 2. The minimum Gasteiger partial charge on any atom is -0.464 e. The van der Waals surface area contributed by atoms with E-state index in [-0.39, 0.29) is 24.8 Å². The van der Waals surface area contributed by atoms with Crippen LogP contribution in [0.15, 0.2) is 46.4 Å². The van der Waals surface area contributed by atoms with Crippen LogP contribution in [-0.4, -0.2) is 60.4 Å². The van der Waals surface area contributed by atoms with Gasteiger partial charge >= 0.3 is 5.97 Å². The van der Waals surface area contributed by atoms with Gasteiger partial charge < -0.3 is 19.0 Å². The summed E-state index contributed by atoms with van der Waals surface area (Å²) in [4.78, 5) is 41.0. The first-order valence-electron chi connectivity index (χ1n) is 9.74. The van der Waals surface area contributed by atoms with E-state index >= 15 is 0 Å². The van der Waals surface area contributed by atoms with Gasteiger partial charge in [-0.1, -0.05) is 18.2 Å². The zero-order valence-electron chi connectivity index (χ0n) is 16.6.